The van der Waals surface area contributed by atoms with E-state index in [9.17, 15) is 4.79 Å². The number of rotatable bonds is 5. The van der Waals surface area contributed by atoms with E-state index in [2.05, 4.69) is 22.0 Å². The van der Waals surface area contributed by atoms with Crippen molar-refractivity contribution in [2.24, 2.45) is 0 Å². The molecule has 0 saturated heterocycles. The molecule has 2 heterocycles. The molecule has 0 spiro atoms. The summed E-state index contributed by atoms with van der Waals surface area (Å²) in [6, 6.07) is 12.3. The van der Waals surface area contributed by atoms with Crippen LogP contribution in [0.15, 0.2) is 48.8 Å². The van der Waals surface area contributed by atoms with Crippen LogP contribution in [0, 0.1) is 0 Å². The molecule has 0 aliphatic carbocycles. The van der Waals surface area contributed by atoms with Gasteiger partial charge in [0.2, 0.25) is 5.91 Å². The first-order chi connectivity index (χ1) is 11.2. The van der Waals surface area contributed by atoms with Crippen molar-refractivity contribution in [1.82, 2.24) is 9.88 Å². The largest absolute Gasteiger partial charge is 0.311 e. The van der Waals surface area contributed by atoms with E-state index in [0.29, 0.717) is 6.54 Å². The van der Waals surface area contributed by atoms with Gasteiger partial charge in [-0.15, -0.1) is 0 Å². The molecule has 0 bridgehead atoms. The highest BCUT2D eigenvalue weighted by atomic mass is 16.2. The third kappa shape index (κ3) is 3.96. The smallest absolute Gasteiger partial charge is 0.241 e. The zero-order valence-electron chi connectivity index (χ0n) is 13.6. The van der Waals surface area contributed by atoms with Gasteiger partial charge in [-0.25, -0.2) is 0 Å². The maximum absolute atomic E-state index is 12.7. The molecule has 1 aliphatic rings. The lowest BCUT2D eigenvalue weighted by molar-refractivity contribution is -0.119. The summed E-state index contributed by atoms with van der Waals surface area (Å²) in [5.41, 5.74) is 3.63. The summed E-state index contributed by atoms with van der Waals surface area (Å²) in [5, 5.41) is 0. The summed E-state index contributed by atoms with van der Waals surface area (Å²) >= 11 is 0. The average Bonchev–Trinajstić information content (AvgIpc) is 2.60. The number of pyridine rings is 1. The molecule has 0 N–H and O–H groups in total. The van der Waals surface area contributed by atoms with Crippen LogP contribution in [0.2, 0.25) is 0 Å². The summed E-state index contributed by atoms with van der Waals surface area (Å²) in [7, 11) is 2.01. The number of nitrogens with zero attached hydrogens (tertiary/aromatic N) is 3. The number of aryl methyl sites for hydroxylation is 1. The first-order valence-corrected chi connectivity index (χ1v) is 8.20. The number of likely N-dealkylation sites (N-methyl/N-ethyl adjacent to an activating group) is 1. The van der Waals surface area contributed by atoms with E-state index >= 15 is 0 Å². The van der Waals surface area contributed by atoms with Crippen molar-refractivity contribution >= 4 is 11.6 Å². The number of hydrogen-bond donors (Lipinski definition) is 0. The third-order valence-electron chi connectivity index (χ3n) is 4.35. The summed E-state index contributed by atoms with van der Waals surface area (Å²) in [6.45, 7) is 2.15. The topological polar surface area (TPSA) is 36.4 Å². The number of amides is 1. The van der Waals surface area contributed by atoms with Gasteiger partial charge in [-0.05, 0) is 55.6 Å². The number of benzene rings is 1. The lowest BCUT2D eigenvalue weighted by atomic mass is 10.0. The van der Waals surface area contributed by atoms with Crippen LogP contribution in [0.25, 0.3) is 0 Å². The van der Waals surface area contributed by atoms with Gasteiger partial charge in [-0.1, -0.05) is 18.2 Å². The highest BCUT2D eigenvalue weighted by Gasteiger charge is 2.22. The number of hydrogen-bond acceptors (Lipinski definition) is 3. The zero-order valence-corrected chi connectivity index (χ0v) is 13.6. The number of anilines is 1. The van der Waals surface area contributed by atoms with Crippen LogP contribution in [0.1, 0.15) is 17.5 Å². The van der Waals surface area contributed by atoms with Crippen LogP contribution in [0.4, 0.5) is 5.69 Å². The number of aromatic nitrogens is 1. The third-order valence-corrected chi connectivity index (χ3v) is 4.35. The standard InChI is InChI=1S/C19H23N3O/c1-21(14-10-16-8-11-20-12-9-16)15-19(23)22-13-4-6-17-5-2-3-7-18(17)22/h2-3,5,7-9,11-12H,4,6,10,13-15H2,1H3. The predicted molar refractivity (Wildman–Crippen MR) is 92.6 cm³/mol. The van der Waals surface area contributed by atoms with Crippen molar-refractivity contribution < 1.29 is 4.79 Å². The van der Waals surface area contributed by atoms with Crippen molar-refractivity contribution in [3.63, 3.8) is 0 Å². The Morgan fingerprint density at radius 3 is 2.83 bits per heavy atom. The molecule has 0 atom stereocenters. The Labute approximate surface area is 137 Å². The summed E-state index contributed by atoms with van der Waals surface area (Å²) in [5.74, 6) is 0.189. The molecule has 120 valence electrons. The van der Waals surface area contributed by atoms with E-state index < -0.39 is 0 Å². The first kappa shape index (κ1) is 15.7. The van der Waals surface area contributed by atoms with Crippen molar-refractivity contribution in [2.45, 2.75) is 19.3 Å². The van der Waals surface area contributed by atoms with Gasteiger partial charge in [-0.2, -0.15) is 0 Å². The molecule has 1 aromatic carbocycles. The quantitative estimate of drug-likeness (QED) is 0.851. The molecular weight excluding hydrogens is 286 g/mol. The minimum atomic E-state index is 0.189. The number of carbonyl (C=O) groups is 1. The SMILES string of the molecule is CN(CCc1ccncc1)CC(=O)N1CCCc2ccccc21. The Balaban J connectivity index is 1.57. The first-order valence-electron chi connectivity index (χ1n) is 8.20. The maximum Gasteiger partial charge on any atom is 0.241 e. The Morgan fingerprint density at radius 1 is 1.22 bits per heavy atom. The maximum atomic E-state index is 12.7. The number of carbonyl (C=O) groups excluding carboxylic acids is 1. The Kier molecular flexibility index (Phi) is 5.03. The zero-order chi connectivity index (χ0) is 16.1. The van der Waals surface area contributed by atoms with Gasteiger partial charge in [0.05, 0.1) is 6.54 Å². The van der Waals surface area contributed by atoms with E-state index in [0.717, 1.165) is 38.0 Å². The predicted octanol–water partition coefficient (Wildman–Crippen LogP) is 2.54. The van der Waals surface area contributed by atoms with Crippen LogP contribution in [-0.2, 0) is 17.6 Å². The molecule has 0 saturated carbocycles. The molecule has 3 rings (SSSR count). The van der Waals surface area contributed by atoms with Gasteiger partial charge >= 0.3 is 0 Å². The second kappa shape index (κ2) is 7.38. The Hall–Kier alpha value is -2.20. The molecule has 4 heteroatoms. The monoisotopic (exact) mass is 309 g/mol. The van der Waals surface area contributed by atoms with Gasteiger partial charge in [-0.3, -0.25) is 14.7 Å². The molecule has 4 nitrogen and oxygen atoms in total. The molecular formula is C19H23N3O. The van der Waals surface area contributed by atoms with E-state index in [4.69, 9.17) is 0 Å². The van der Waals surface area contributed by atoms with E-state index in [1.165, 1.54) is 11.1 Å². The van der Waals surface area contributed by atoms with Gasteiger partial charge in [0, 0.05) is 31.2 Å². The highest BCUT2D eigenvalue weighted by Crippen LogP contribution is 2.26. The fraction of sp³-hybridized carbons (Fsp3) is 0.368. The molecule has 0 unspecified atom stereocenters. The summed E-state index contributed by atoms with van der Waals surface area (Å²) in [6.07, 6.45) is 6.67. The molecule has 1 aromatic heterocycles. The van der Waals surface area contributed by atoms with Crippen LogP contribution < -0.4 is 4.90 Å². The lowest BCUT2D eigenvalue weighted by Gasteiger charge is -2.31. The van der Waals surface area contributed by atoms with E-state index in [1.54, 1.807) is 0 Å². The number of fused-ring (bicyclic) bond motifs is 1. The fourth-order valence-electron chi connectivity index (χ4n) is 3.06. The Bertz CT molecular complexity index is 657. The van der Waals surface area contributed by atoms with E-state index in [1.807, 2.05) is 48.6 Å². The van der Waals surface area contributed by atoms with Crippen molar-refractivity contribution in [2.75, 3.05) is 31.6 Å². The van der Waals surface area contributed by atoms with Gasteiger partial charge in [0.15, 0.2) is 0 Å². The normalized spacial score (nSPS) is 13.9. The van der Waals surface area contributed by atoms with Crippen molar-refractivity contribution in [3.8, 4) is 0 Å². The molecule has 1 amide bonds. The summed E-state index contributed by atoms with van der Waals surface area (Å²) in [4.78, 5) is 20.7. The second-order valence-corrected chi connectivity index (χ2v) is 6.12. The van der Waals surface area contributed by atoms with Gasteiger partial charge < -0.3 is 4.90 Å². The van der Waals surface area contributed by atoms with Crippen LogP contribution in [0.5, 0.6) is 0 Å². The molecule has 2 aromatic rings. The minimum absolute atomic E-state index is 0.189. The van der Waals surface area contributed by atoms with Gasteiger partial charge in [0.25, 0.3) is 0 Å². The van der Waals surface area contributed by atoms with Crippen molar-refractivity contribution in [3.05, 3.63) is 59.9 Å². The van der Waals surface area contributed by atoms with Crippen LogP contribution >= 0.6 is 0 Å². The van der Waals surface area contributed by atoms with E-state index in [-0.39, 0.29) is 5.91 Å². The van der Waals surface area contributed by atoms with Crippen molar-refractivity contribution in [1.29, 1.82) is 0 Å². The molecule has 1 aliphatic heterocycles. The highest BCUT2D eigenvalue weighted by molar-refractivity contribution is 5.95. The Morgan fingerprint density at radius 2 is 2.00 bits per heavy atom. The van der Waals surface area contributed by atoms with Crippen LogP contribution in [0.3, 0.4) is 0 Å². The average molecular weight is 309 g/mol. The summed E-state index contributed by atoms with van der Waals surface area (Å²) < 4.78 is 0. The van der Waals surface area contributed by atoms with Gasteiger partial charge in [0.1, 0.15) is 0 Å². The molecule has 0 radical (unpaired) electrons. The number of para-hydroxylation sites is 1. The second-order valence-electron chi connectivity index (χ2n) is 6.12. The fourth-order valence-corrected chi connectivity index (χ4v) is 3.06. The molecule has 23 heavy (non-hydrogen) atoms. The lowest BCUT2D eigenvalue weighted by Crippen LogP contribution is -2.42. The minimum Gasteiger partial charge on any atom is -0.311 e. The molecule has 0 fully saturated rings. The van der Waals surface area contributed by atoms with Crippen LogP contribution in [-0.4, -0.2) is 42.5 Å².